The predicted molar refractivity (Wildman–Crippen MR) is 105 cm³/mol. The summed E-state index contributed by atoms with van der Waals surface area (Å²) in [5.74, 6) is 1.58. The number of rotatable bonds is 3. The first kappa shape index (κ1) is 15.9. The highest BCUT2D eigenvalue weighted by molar-refractivity contribution is 6.01. The van der Waals surface area contributed by atoms with Crippen molar-refractivity contribution in [3.63, 3.8) is 0 Å². The van der Waals surface area contributed by atoms with E-state index in [1.165, 1.54) is 0 Å². The Labute approximate surface area is 158 Å². The van der Waals surface area contributed by atoms with E-state index in [0.717, 1.165) is 40.3 Å². The first-order chi connectivity index (χ1) is 13.3. The lowest BCUT2D eigenvalue weighted by Gasteiger charge is -2.38. The molecule has 0 amide bonds. The molecular formula is C23H20N2O2. The minimum Gasteiger partial charge on any atom is -0.493 e. The van der Waals surface area contributed by atoms with Gasteiger partial charge in [0.25, 0.3) is 0 Å². The highest BCUT2D eigenvalue weighted by atomic mass is 16.5. The number of hydrogen-bond donors (Lipinski definition) is 0. The first-order valence-corrected chi connectivity index (χ1v) is 9.15. The van der Waals surface area contributed by atoms with Crippen molar-refractivity contribution in [3.8, 4) is 11.5 Å². The van der Waals surface area contributed by atoms with Gasteiger partial charge in [-0.3, -0.25) is 0 Å². The molecule has 0 radical (unpaired) electrons. The lowest BCUT2D eigenvalue weighted by atomic mass is 9.95. The topological polar surface area (TPSA) is 34.1 Å². The Morgan fingerprint density at radius 1 is 0.926 bits per heavy atom. The zero-order valence-corrected chi connectivity index (χ0v) is 15.1. The molecule has 0 saturated heterocycles. The maximum absolute atomic E-state index is 6.43. The number of benzene rings is 3. The van der Waals surface area contributed by atoms with Crippen molar-refractivity contribution in [1.29, 1.82) is 0 Å². The minimum absolute atomic E-state index is 0.129. The molecule has 0 unspecified atom stereocenters. The third kappa shape index (κ3) is 2.65. The van der Waals surface area contributed by atoms with Crippen LogP contribution in [0.15, 0.2) is 84.0 Å². The molecule has 2 aliphatic rings. The third-order valence-corrected chi connectivity index (χ3v) is 5.19. The molecule has 27 heavy (non-hydrogen) atoms. The number of nitrogens with zero attached hydrogens (tertiary/aromatic N) is 2. The van der Waals surface area contributed by atoms with Crippen molar-refractivity contribution < 1.29 is 9.47 Å². The molecule has 0 N–H and O–H groups in total. The normalized spacial score (nSPS) is 20.3. The molecule has 0 spiro atoms. The lowest BCUT2D eigenvalue weighted by Crippen LogP contribution is -2.33. The highest BCUT2D eigenvalue weighted by Crippen LogP contribution is 2.50. The molecule has 2 aliphatic heterocycles. The van der Waals surface area contributed by atoms with Crippen LogP contribution in [0.3, 0.4) is 0 Å². The summed E-state index contributed by atoms with van der Waals surface area (Å²) in [4.78, 5) is 0. The number of fused-ring (bicyclic) bond motifs is 3. The van der Waals surface area contributed by atoms with E-state index in [-0.39, 0.29) is 12.3 Å². The Morgan fingerprint density at radius 2 is 1.67 bits per heavy atom. The fourth-order valence-corrected chi connectivity index (χ4v) is 3.89. The van der Waals surface area contributed by atoms with Gasteiger partial charge >= 0.3 is 0 Å². The van der Waals surface area contributed by atoms with E-state index >= 15 is 0 Å². The van der Waals surface area contributed by atoms with Crippen molar-refractivity contribution in [1.82, 2.24) is 5.01 Å². The van der Waals surface area contributed by atoms with Crippen LogP contribution in [0, 0.1) is 0 Å². The van der Waals surface area contributed by atoms with Crippen LogP contribution in [0.4, 0.5) is 0 Å². The molecule has 0 saturated carbocycles. The molecule has 0 aliphatic carbocycles. The molecule has 0 bridgehead atoms. The average molecular weight is 356 g/mol. The largest absolute Gasteiger partial charge is 0.493 e. The summed E-state index contributed by atoms with van der Waals surface area (Å²) in [6.07, 6.45) is 0.567. The zero-order chi connectivity index (χ0) is 18.2. The molecule has 0 aromatic heterocycles. The highest BCUT2D eigenvalue weighted by Gasteiger charge is 2.41. The quantitative estimate of drug-likeness (QED) is 0.667. The summed E-state index contributed by atoms with van der Waals surface area (Å²) in [7, 11) is 1.68. The van der Waals surface area contributed by atoms with Crippen LogP contribution in [0.5, 0.6) is 11.5 Å². The third-order valence-electron chi connectivity index (χ3n) is 5.19. The van der Waals surface area contributed by atoms with Crippen molar-refractivity contribution in [2.24, 2.45) is 5.10 Å². The second-order valence-corrected chi connectivity index (χ2v) is 6.77. The van der Waals surface area contributed by atoms with Gasteiger partial charge < -0.3 is 9.47 Å². The van der Waals surface area contributed by atoms with Crippen LogP contribution >= 0.6 is 0 Å². The van der Waals surface area contributed by atoms with Gasteiger partial charge in [0, 0.05) is 17.5 Å². The van der Waals surface area contributed by atoms with Gasteiger partial charge in [-0.05, 0) is 11.6 Å². The molecular weight excluding hydrogens is 336 g/mol. The van der Waals surface area contributed by atoms with E-state index in [2.05, 4.69) is 47.5 Å². The maximum atomic E-state index is 6.43. The molecule has 0 fully saturated rings. The maximum Gasteiger partial charge on any atom is 0.214 e. The number of hydrazone groups is 1. The minimum atomic E-state index is -0.277. The van der Waals surface area contributed by atoms with Gasteiger partial charge in [0.15, 0.2) is 11.5 Å². The summed E-state index contributed by atoms with van der Waals surface area (Å²) in [6, 6.07) is 26.8. The summed E-state index contributed by atoms with van der Waals surface area (Å²) < 4.78 is 12.0. The van der Waals surface area contributed by atoms with E-state index < -0.39 is 0 Å². The van der Waals surface area contributed by atoms with E-state index in [1.807, 2.05) is 36.4 Å². The fraction of sp³-hybridized carbons (Fsp3) is 0.174. The number of para-hydroxylation sites is 1. The Hall–Kier alpha value is -3.27. The van der Waals surface area contributed by atoms with Gasteiger partial charge in [-0.15, -0.1) is 0 Å². The smallest absolute Gasteiger partial charge is 0.214 e. The van der Waals surface area contributed by atoms with Crippen molar-refractivity contribution in [2.75, 3.05) is 7.11 Å². The van der Waals surface area contributed by atoms with Crippen molar-refractivity contribution >= 4 is 5.71 Å². The second-order valence-electron chi connectivity index (χ2n) is 6.77. The van der Waals surface area contributed by atoms with E-state index in [0.29, 0.717) is 0 Å². The molecule has 4 heteroatoms. The Morgan fingerprint density at radius 3 is 2.41 bits per heavy atom. The van der Waals surface area contributed by atoms with Crippen LogP contribution < -0.4 is 9.47 Å². The SMILES string of the molecule is COc1cccc2c1O[C@@H](c1ccccc1)N1N=C(c3ccccc3)C[C@H]21. The predicted octanol–water partition coefficient (Wildman–Crippen LogP) is 4.94. The van der Waals surface area contributed by atoms with Gasteiger partial charge in [0.05, 0.1) is 18.9 Å². The van der Waals surface area contributed by atoms with Crippen molar-refractivity contribution in [3.05, 3.63) is 95.6 Å². The van der Waals surface area contributed by atoms with E-state index in [9.17, 15) is 0 Å². The Bertz CT molecular complexity index is 986. The molecule has 3 aromatic carbocycles. The Kier molecular flexibility index (Phi) is 3.82. The number of hydrogen-bond acceptors (Lipinski definition) is 4. The van der Waals surface area contributed by atoms with Gasteiger partial charge in [-0.25, -0.2) is 5.01 Å². The number of ether oxygens (including phenoxy) is 2. The first-order valence-electron chi connectivity index (χ1n) is 9.15. The van der Waals surface area contributed by atoms with Crippen LogP contribution in [0.25, 0.3) is 0 Å². The fourth-order valence-electron chi connectivity index (χ4n) is 3.89. The second kappa shape index (κ2) is 6.47. The molecule has 5 rings (SSSR count). The standard InChI is InChI=1S/C23H20N2O2/c1-26-21-14-8-13-18-20-15-19(16-9-4-2-5-10-16)24-25(20)23(27-22(18)21)17-11-6-3-7-12-17/h2-14,20,23H,15H2,1H3/t20-,23+/m1/s1. The van der Waals surface area contributed by atoms with E-state index in [4.69, 9.17) is 14.6 Å². The summed E-state index contributed by atoms with van der Waals surface area (Å²) >= 11 is 0. The molecule has 2 heterocycles. The van der Waals surface area contributed by atoms with E-state index in [1.54, 1.807) is 7.11 Å². The summed E-state index contributed by atoms with van der Waals surface area (Å²) in [6.45, 7) is 0. The van der Waals surface area contributed by atoms with Crippen LogP contribution in [-0.4, -0.2) is 17.8 Å². The Balaban J connectivity index is 1.63. The molecule has 134 valence electrons. The molecule has 3 aromatic rings. The molecule has 2 atom stereocenters. The summed E-state index contributed by atoms with van der Waals surface area (Å²) in [5.41, 5.74) is 4.44. The van der Waals surface area contributed by atoms with Gasteiger partial charge in [-0.2, -0.15) is 5.10 Å². The zero-order valence-electron chi connectivity index (χ0n) is 15.1. The van der Waals surface area contributed by atoms with Crippen LogP contribution in [0.1, 0.15) is 35.4 Å². The molecule has 4 nitrogen and oxygen atoms in total. The van der Waals surface area contributed by atoms with Crippen molar-refractivity contribution in [2.45, 2.75) is 18.7 Å². The van der Waals surface area contributed by atoms with Gasteiger partial charge in [0.2, 0.25) is 6.23 Å². The monoisotopic (exact) mass is 356 g/mol. The number of methoxy groups -OCH3 is 1. The summed E-state index contributed by atoms with van der Waals surface area (Å²) in [5, 5.41) is 7.07. The average Bonchev–Trinajstić information content (AvgIpc) is 3.20. The van der Waals surface area contributed by atoms with Gasteiger partial charge in [-0.1, -0.05) is 72.8 Å². The lowest BCUT2D eigenvalue weighted by molar-refractivity contribution is -0.0209. The van der Waals surface area contributed by atoms with Crippen LogP contribution in [-0.2, 0) is 0 Å². The van der Waals surface area contributed by atoms with Crippen LogP contribution in [0.2, 0.25) is 0 Å². The van der Waals surface area contributed by atoms with Gasteiger partial charge in [0.1, 0.15) is 0 Å².